The molecule has 0 bridgehead atoms. The molecule has 0 saturated carbocycles. The SMILES string of the molecule is COCCCN1C(=O)C(=O)/C(=C(/O)c2ccc(OC)c(Br)c2)C1c1cccc(OCc2ccccc2)c1. The molecular formula is C29H28BrNO6. The number of carbonyl (C=O) groups is 2. The van der Waals surface area contributed by atoms with Crippen molar-refractivity contribution >= 4 is 33.4 Å². The van der Waals surface area contributed by atoms with Crippen LogP contribution < -0.4 is 9.47 Å². The number of ketones is 1. The molecule has 0 aromatic heterocycles. The van der Waals surface area contributed by atoms with Crippen LogP contribution in [-0.4, -0.2) is 49.1 Å². The van der Waals surface area contributed by atoms with Gasteiger partial charge >= 0.3 is 0 Å². The Bertz CT molecular complexity index is 1310. The van der Waals surface area contributed by atoms with Crippen molar-refractivity contribution in [2.75, 3.05) is 27.4 Å². The summed E-state index contributed by atoms with van der Waals surface area (Å²) in [5.41, 5.74) is 2.10. The molecule has 37 heavy (non-hydrogen) atoms. The van der Waals surface area contributed by atoms with Crippen LogP contribution in [0.2, 0.25) is 0 Å². The molecule has 3 aromatic carbocycles. The Hall–Kier alpha value is -3.62. The molecule has 0 radical (unpaired) electrons. The molecule has 1 fully saturated rings. The molecule has 4 rings (SSSR count). The van der Waals surface area contributed by atoms with Crippen molar-refractivity contribution in [2.45, 2.75) is 19.1 Å². The summed E-state index contributed by atoms with van der Waals surface area (Å²) in [5, 5.41) is 11.3. The zero-order valence-corrected chi connectivity index (χ0v) is 22.2. The predicted molar refractivity (Wildman–Crippen MR) is 143 cm³/mol. The number of likely N-dealkylation sites (tertiary alicyclic amines) is 1. The van der Waals surface area contributed by atoms with Gasteiger partial charge in [0.05, 0.1) is 23.2 Å². The summed E-state index contributed by atoms with van der Waals surface area (Å²) in [6.07, 6.45) is 0.540. The average molecular weight is 566 g/mol. The molecule has 192 valence electrons. The van der Waals surface area contributed by atoms with E-state index in [0.29, 0.717) is 53.3 Å². The summed E-state index contributed by atoms with van der Waals surface area (Å²) in [4.78, 5) is 27.9. The predicted octanol–water partition coefficient (Wildman–Crippen LogP) is 5.49. The van der Waals surface area contributed by atoms with E-state index < -0.39 is 17.7 Å². The van der Waals surface area contributed by atoms with Gasteiger partial charge in [0.2, 0.25) is 0 Å². The lowest BCUT2D eigenvalue weighted by Gasteiger charge is -2.25. The van der Waals surface area contributed by atoms with Crippen molar-refractivity contribution < 1.29 is 28.9 Å². The minimum Gasteiger partial charge on any atom is -0.507 e. The number of halogens is 1. The Morgan fingerprint density at radius 2 is 1.78 bits per heavy atom. The monoisotopic (exact) mass is 565 g/mol. The Labute approximate surface area is 224 Å². The number of hydrogen-bond acceptors (Lipinski definition) is 6. The van der Waals surface area contributed by atoms with Crippen LogP contribution in [0.3, 0.4) is 0 Å². The van der Waals surface area contributed by atoms with Crippen molar-refractivity contribution in [3.8, 4) is 11.5 Å². The lowest BCUT2D eigenvalue weighted by atomic mass is 9.95. The zero-order chi connectivity index (χ0) is 26.4. The lowest BCUT2D eigenvalue weighted by Crippen LogP contribution is -2.31. The number of nitrogens with zero attached hydrogens (tertiary/aromatic N) is 1. The number of benzene rings is 3. The zero-order valence-electron chi connectivity index (χ0n) is 20.6. The van der Waals surface area contributed by atoms with Crippen LogP contribution in [-0.2, 0) is 20.9 Å². The second-order valence-corrected chi connectivity index (χ2v) is 9.39. The standard InChI is InChI=1S/C29H28BrNO6/c1-35-15-7-14-31-26(20-10-6-11-22(16-20)37-18-19-8-4-3-5-9-19)25(28(33)29(31)34)27(32)21-12-13-24(36-2)23(30)17-21/h3-6,8-13,16-17,26,32H,7,14-15,18H2,1-2H3/b27-25+. The van der Waals surface area contributed by atoms with Crippen LogP contribution in [0, 0.1) is 0 Å². The van der Waals surface area contributed by atoms with Gasteiger partial charge in [0.15, 0.2) is 0 Å². The quantitative estimate of drug-likeness (QED) is 0.151. The van der Waals surface area contributed by atoms with Gasteiger partial charge in [0, 0.05) is 25.8 Å². The molecule has 8 heteroatoms. The number of aliphatic hydroxyl groups excluding tert-OH is 1. The van der Waals surface area contributed by atoms with E-state index in [0.717, 1.165) is 5.56 Å². The first-order chi connectivity index (χ1) is 17.9. The van der Waals surface area contributed by atoms with Gasteiger partial charge in [0.25, 0.3) is 11.7 Å². The van der Waals surface area contributed by atoms with E-state index in [4.69, 9.17) is 14.2 Å². The van der Waals surface area contributed by atoms with Crippen LogP contribution in [0.4, 0.5) is 0 Å². The molecule has 1 saturated heterocycles. The fourth-order valence-corrected chi connectivity index (χ4v) is 4.86. The van der Waals surface area contributed by atoms with Gasteiger partial charge in [-0.3, -0.25) is 9.59 Å². The topological polar surface area (TPSA) is 85.3 Å². The summed E-state index contributed by atoms with van der Waals surface area (Å²) in [5.74, 6) is -0.475. The van der Waals surface area contributed by atoms with Crippen molar-refractivity contribution in [1.29, 1.82) is 0 Å². The van der Waals surface area contributed by atoms with E-state index in [1.807, 2.05) is 48.5 Å². The third-order valence-corrected chi connectivity index (χ3v) is 6.75. The van der Waals surface area contributed by atoms with Gasteiger partial charge < -0.3 is 24.2 Å². The maximum atomic E-state index is 13.2. The molecule has 1 amide bonds. The lowest BCUT2D eigenvalue weighted by molar-refractivity contribution is -0.140. The summed E-state index contributed by atoms with van der Waals surface area (Å²) in [6.45, 7) is 1.10. The number of carbonyl (C=O) groups excluding carboxylic acids is 2. The summed E-state index contributed by atoms with van der Waals surface area (Å²) in [7, 11) is 3.12. The Kier molecular flexibility index (Phi) is 8.63. The molecule has 1 aliphatic heterocycles. The first-order valence-electron chi connectivity index (χ1n) is 11.8. The highest BCUT2D eigenvalue weighted by atomic mass is 79.9. The number of ether oxygens (including phenoxy) is 3. The maximum Gasteiger partial charge on any atom is 0.295 e. The highest BCUT2D eigenvalue weighted by Gasteiger charge is 2.46. The van der Waals surface area contributed by atoms with E-state index in [1.54, 1.807) is 31.4 Å². The minimum absolute atomic E-state index is 0.0275. The third kappa shape index (κ3) is 5.87. The smallest absolute Gasteiger partial charge is 0.295 e. The van der Waals surface area contributed by atoms with Gasteiger partial charge in [-0.15, -0.1) is 0 Å². The van der Waals surface area contributed by atoms with E-state index >= 15 is 0 Å². The molecule has 0 spiro atoms. The highest BCUT2D eigenvalue weighted by Crippen LogP contribution is 2.41. The number of amides is 1. The fraction of sp³-hybridized carbons (Fsp3) is 0.241. The molecule has 1 aliphatic rings. The number of hydrogen-bond donors (Lipinski definition) is 1. The Morgan fingerprint density at radius 1 is 1.00 bits per heavy atom. The first-order valence-corrected chi connectivity index (χ1v) is 12.6. The van der Waals surface area contributed by atoms with E-state index in [2.05, 4.69) is 15.9 Å². The molecule has 1 unspecified atom stereocenters. The molecule has 1 heterocycles. The average Bonchev–Trinajstić information content (AvgIpc) is 3.17. The Morgan fingerprint density at radius 3 is 2.49 bits per heavy atom. The summed E-state index contributed by atoms with van der Waals surface area (Å²) >= 11 is 3.42. The van der Waals surface area contributed by atoms with E-state index in [9.17, 15) is 14.7 Å². The van der Waals surface area contributed by atoms with Crippen molar-refractivity contribution in [2.24, 2.45) is 0 Å². The molecular weight excluding hydrogens is 538 g/mol. The van der Waals surface area contributed by atoms with Crippen molar-refractivity contribution in [1.82, 2.24) is 4.90 Å². The summed E-state index contributed by atoms with van der Waals surface area (Å²) in [6, 6.07) is 21.3. The normalized spacial score (nSPS) is 16.7. The van der Waals surface area contributed by atoms with Gasteiger partial charge in [-0.25, -0.2) is 0 Å². The number of aliphatic hydroxyl groups is 1. The van der Waals surface area contributed by atoms with Gasteiger partial charge in [-0.1, -0.05) is 42.5 Å². The highest BCUT2D eigenvalue weighted by molar-refractivity contribution is 9.10. The Balaban J connectivity index is 1.74. The van der Waals surface area contributed by atoms with Gasteiger partial charge in [-0.2, -0.15) is 0 Å². The maximum absolute atomic E-state index is 13.2. The second-order valence-electron chi connectivity index (χ2n) is 8.53. The molecule has 0 aliphatic carbocycles. The van der Waals surface area contributed by atoms with Crippen LogP contribution in [0.15, 0.2) is 82.8 Å². The number of Topliss-reactive ketones (excluding diaryl/α,β-unsaturated/α-hetero) is 1. The van der Waals surface area contributed by atoms with Gasteiger partial charge in [0.1, 0.15) is 23.9 Å². The van der Waals surface area contributed by atoms with Crippen molar-refractivity contribution in [3.63, 3.8) is 0 Å². The molecule has 1 atom stereocenters. The van der Waals surface area contributed by atoms with Gasteiger partial charge in [-0.05, 0) is 63.8 Å². The van der Waals surface area contributed by atoms with Crippen LogP contribution in [0.1, 0.15) is 29.2 Å². The second kappa shape index (κ2) is 12.1. The third-order valence-electron chi connectivity index (χ3n) is 6.13. The minimum atomic E-state index is -0.780. The van der Waals surface area contributed by atoms with E-state index in [-0.39, 0.29) is 11.3 Å². The van der Waals surface area contributed by atoms with E-state index in [1.165, 1.54) is 12.0 Å². The van der Waals surface area contributed by atoms with Crippen LogP contribution in [0.25, 0.3) is 5.76 Å². The number of rotatable bonds is 10. The first kappa shape index (κ1) is 26.4. The molecule has 7 nitrogen and oxygen atoms in total. The van der Waals surface area contributed by atoms with Crippen LogP contribution in [0.5, 0.6) is 11.5 Å². The fourth-order valence-electron chi connectivity index (χ4n) is 4.32. The molecule has 1 N–H and O–H groups in total. The molecule has 3 aromatic rings. The van der Waals surface area contributed by atoms with Crippen LogP contribution >= 0.6 is 15.9 Å². The summed E-state index contributed by atoms with van der Waals surface area (Å²) < 4.78 is 17.0. The van der Waals surface area contributed by atoms with Crippen molar-refractivity contribution in [3.05, 3.63) is 99.5 Å². The number of methoxy groups -OCH3 is 2. The largest absolute Gasteiger partial charge is 0.507 e.